The van der Waals surface area contributed by atoms with Gasteiger partial charge in [0.05, 0.1) is 12.0 Å². The van der Waals surface area contributed by atoms with Crippen LogP contribution in [0.15, 0.2) is 0 Å². The number of amides is 2. The quantitative estimate of drug-likeness (QED) is 0.710. The molecule has 1 aliphatic rings. The van der Waals surface area contributed by atoms with Gasteiger partial charge < -0.3 is 15.3 Å². The summed E-state index contributed by atoms with van der Waals surface area (Å²) in [7, 11) is 0. The Labute approximate surface area is 113 Å². The molecule has 1 aliphatic heterocycles. The third-order valence-electron chi connectivity index (χ3n) is 3.94. The highest BCUT2D eigenvalue weighted by atomic mass is 16.4. The molecule has 0 unspecified atom stereocenters. The summed E-state index contributed by atoms with van der Waals surface area (Å²) in [6, 6.07) is 0. The molecule has 0 aromatic carbocycles. The highest BCUT2D eigenvalue weighted by Gasteiger charge is 2.35. The standard InChI is InChI=1S/C13H22N2O4/c1-3-13(4-2,12(18)19)9-14-10(16)8-15-7-5-6-11(15)17/h3-9H2,1-2H3,(H,14,16)(H,18,19). The van der Waals surface area contributed by atoms with E-state index in [1.165, 1.54) is 4.90 Å². The zero-order valence-corrected chi connectivity index (χ0v) is 11.6. The third kappa shape index (κ3) is 3.68. The molecule has 0 radical (unpaired) electrons. The zero-order chi connectivity index (χ0) is 14.5. The molecular formula is C13H22N2O4. The monoisotopic (exact) mass is 270 g/mol. The molecule has 108 valence electrons. The highest BCUT2D eigenvalue weighted by molar-refractivity contribution is 5.86. The fraction of sp³-hybridized carbons (Fsp3) is 0.769. The summed E-state index contributed by atoms with van der Waals surface area (Å²) in [5, 5.41) is 11.9. The summed E-state index contributed by atoms with van der Waals surface area (Å²) in [5.74, 6) is -1.19. The van der Waals surface area contributed by atoms with E-state index in [9.17, 15) is 19.5 Å². The lowest BCUT2D eigenvalue weighted by Crippen LogP contribution is -2.45. The first-order chi connectivity index (χ1) is 8.95. The SMILES string of the molecule is CCC(CC)(CNC(=O)CN1CCCC1=O)C(=O)O. The van der Waals surface area contributed by atoms with E-state index in [1.807, 2.05) is 0 Å². The molecular weight excluding hydrogens is 248 g/mol. The molecule has 6 heteroatoms. The van der Waals surface area contributed by atoms with E-state index < -0.39 is 11.4 Å². The lowest BCUT2D eigenvalue weighted by Gasteiger charge is -2.27. The Hall–Kier alpha value is -1.59. The van der Waals surface area contributed by atoms with Crippen molar-refractivity contribution in [3.05, 3.63) is 0 Å². The van der Waals surface area contributed by atoms with E-state index in [1.54, 1.807) is 13.8 Å². The summed E-state index contributed by atoms with van der Waals surface area (Å²) >= 11 is 0. The number of carbonyl (C=O) groups excluding carboxylic acids is 2. The number of nitrogens with zero attached hydrogens (tertiary/aromatic N) is 1. The maximum atomic E-state index is 11.7. The topological polar surface area (TPSA) is 86.7 Å². The molecule has 0 spiro atoms. The van der Waals surface area contributed by atoms with Crippen molar-refractivity contribution in [3.63, 3.8) is 0 Å². The van der Waals surface area contributed by atoms with Gasteiger partial charge in [-0.15, -0.1) is 0 Å². The summed E-state index contributed by atoms with van der Waals surface area (Å²) < 4.78 is 0. The van der Waals surface area contributed by atoms with Gasteiger partial charge in [-0.25, -0.2) is 0 Å². The van der Waals surface area contributed by atoms with Crippen molar-refractivity contribution >= 4 is 17.8 Å². The predicted octanol–water partition coefficient (Wildman–Crippen LogP) is 0.616. The van der Waals surface area contributed by atoms with Crippen molar-refractivity contribution < 1.29 is 19.5 Å². The van der Waals surface area contributed by atoms with E-state index >= 15 is 0 Å². The molecule has 0 aromatic heterocycles. The van der Waals surface area contributed by atoms with E-state index in [0.717, 1.165) is 6.42 Å². The Kier molecular flexibility index (Phi) is 5.32. The maximum absolute atomic E-state index is 11.7. The Morgan fingerprint density at radius 3 is 2.42 bits per heavy atom. The fourth-order valence-corrected chi connectivity index (χ4v) is 2.25. The number of carboxylic acid groups (broad SMARTS) is 1. The molecule has 0 atom stereocenters. The van der Waals surface area contributed by atoms with Crippen LogP contribution in [-0.2, 0) is 14.4 Å². The second-order valence-electron chi connectivity index (χ2n) is 4.99. The van der Waals surface area contributed by atoms with Crippen LogP contribution in [0.2, 0.25) is 0 Å². The van der Waals surface area contributed by atoms with Crippen molar-refractivity contribution in [2.45, 2.75) is 39.5 Å². The third-order valence-corrected chi connectivity index (χ3v) is 3.94. The Morgan fingerprint density at radius 1 is 1.37 bits per heavy atom. The molecule has 19 heavy (non-hydrogen) atoms. The lowest BCUT2D eigenvalue weighted by molar-refractivity contribution is -0.149. The zero-order valence-electron chi connectivity index (χ0n) is 11.6. The van der Waals surface area contributed by atoms with Crippen molar-refractivity contribution in [1.82, 2.24) is 10.2 Å². The summed E-state index contributed by atoms with van der Waals surface area (Å²) in [4.78, 5) is 35.9. The second kappa shape index (κ2) is 6.54. The van der Waals surface area contributed by atoms with Crippen molar-refractivity contribution in [3.8, 4) is 0 Å². The van der Waals surface area contributed by atoms with Gasteiger partial charge in [0.25, 0.3) is 0 Å². The number of rotatable bonds is 7. The molecule has 2 N–H and O–H groups in total. The largest absolute Gasteiger partial charge is 0.481 e. The second-order valence-corrected chi connectivity index (χ2v) is 4.99. The van der Waals surface area contributed by atoms with Crippen LogP contribution in [0.5, 0.6) is 0 Å². The number of carbonyl (C=O) groups is 3. The predicted molar refractivity (Wildman–Crippen MR) is 69.5 cm³/mol. The van der Waals surface area contributed by atoms with Crippen molar-refractivity contribution in [2.24, 2.45) is 5.41 Å². The number of hydrogen-bond donors (Lipinski definition) is 2. The molecule has 0 saturated carbocycles. The molecule has 0 aromatic rings. The molecule has 1 saturated heterocycles. The maximum Gasteiger partial charge on any atom is 0.311 e. The van der Waals surface area contributed by atoms with Crippen LogP contribution >= 0.6 is 0 Å². The molecule has 1 heterocycles. The van der Waals surface area contributed by atoms with E-state index in [2.05, 4.69) is 5.32 Å². The molecule has 6 nitrogen and oxygen atoms in total. The molecule has 2 amide bonds. The van der Waals surface area contributed by atoms with Gasteiger partial charge in [0.2, 0.25) is 11.8 Å². The van der Waals surface area contributed by atoms with Crippen LogP contribution in [-0.4, -0.2) is 47.4 Å². The summed E-state index contributed by atoms with van der Waals surface area (Å²) in [6.07, 6.45) is 2.20. The number of carboxylic acids is 1. The van der Waals surface area contributed by atoms with Crippen LogP contribution < -0.4 is 5.32 Å². The highest BCUT2D eigenvalue weighted by Crippen LogP contribution is 2.25. The number of hydrogen-bond acceptors (Lipinski definition) is 3. The lowest BCUT2D eigenvalue weighted by atomic mass is 9.82. The van der Waals surface area contributed by atoms with Gasteiger partial charge in [0.15, 0.2) is 0 Å². The van der Waals surface area contributed by atoms with Crippen molar-refractivity contribution in [1.29, 1.82) is 0 Å². The number of nitrogens with one attached hydrogen (secondary N) is 1. The fourth-order valence-electron chi connectivity index (χ4n) is 2.25. The average molecular weight is 270 g/mol. The van der Waals surface area contributed by atoms with Gasteiger partial charge in [0.1, 0.15) is 0 Å². The van der Waals surface area contributed by atoms with Gasteiger partial charge in [-0.1, -0.05) is 13.8 Å². The normalized spacial score (nSPS) is 15.7. The van der Waals surface area contributed by atoms with Crippen LogP contribution in [0.4, 0.5) is 0 Å². The minimum Gasteiger partial charge on any atom is -0.481 e. The summed E-state index contributed by atoms with van der Waals surface area (Å²) in [5.41, 5.74) is -0.912. The van der Waals surface area contributed by atoms with Crippen LogP contribution in [0.25, 0.3) is 0 Å². The molecule has 0 aliphatic carbocycles. The van der Waals surface area contributed by atoms with Gasteiger partial charge >= 0.3 is 5.97 Å². The first kappa shape index (κ1) is 15.5. The average Bonchev–Trinajstić information content (AvgIpc) is 2.76. The van der Waals surface area contributed by atoms with Gasteiger partial charge in [-0.2, -0.15) is 0 Å². The van der Waals surface area contributed by atoms with Crippen LogP contribution in [0.3, 0.4) is 0 Å². The van der Waals surface area contributed by atoms with Gasteiger partial charge in [-0.05, 0) is 19.3 Å². The van der Waals surface area contributed by atoms with Gasteiger partial charge in [-0.3, -0.25) is 14.4 Å². The van der Waals surface area contributed by atoms with E-state index in [4.69, 9.17) is 0 Å². The Morgan fingerprint density at radius 2 is 2.00 bits per heavy atom. The molecule has 1 rings (SSSR count). The molecule has 1 fully saturated rings. The first-order valence-corrected chi connectivity index (χ1v) is 6.73. The number of aliphatic carboxylic acids is 1. The Balaban J connectivity index is 2.48. The van der Waals surface area contributed by atoms with E-state index in [0.29, 0.717) is 25.8 Å². The Bertz CT molecular complexity index is 364. The smallest absolute Gasteiger partial charge is 0.311 e. The minimum atomic E-state index is -0.912. The number of likely N-dealkylation sites (tertiary alicyclic amines) is 1. The van der Waals surface area contributed by atoms with Gasteiger partial charge in [0, 0.05) is 19.5 Å². The van der Waals surface area contributed by atoms with Crippen molar-refractivity contribution in [2.75, 3.05) is 19.6 Å². The first-order valence-electron chi connectivity index (χ1n) is 6.73. The van der Waals surface area contributed by atoms with E-state index in [-0.39, 0.29) is 24.9 Å². The molecule has 0 bridgehead atoms. The summed E-state index contributed by atoms with van der Waals surface area (Å²) in [6.45, 7) is 4.34. The minimum absolute atomic E-state index is 0.00868. The van der Waals surface area contributed by atoms with Crippen LogP contribution in [0.1, 0.15) is 39.5 Å². The van der Waals surface area contributed by atoms with Crippen LogP contribution in [0, 0.1) is 5.41 Å².